The number of aromatic nitrogens is 1. The molecule has 0 aliphatic heterocycles. The van der Waals surface area contributed by atoms with Gasteiger partial charge in [0.15, 0.2) is 5.69 Å². The summed E-state index contributed by atoms with van der Waals surface area (Å²) in [6.45, 7) is 2.77. The maximum atomic E-state index is 8.70. The van der Waals surface area contributed by atoms with Crippen LogP contribution in [0.3, 0.4) is 0 Å². The fourth-order valence-electron chi connectivity index (χ4n) is 1.15. The van der Waals surface area contributed by atoms with Crippen LogP contribution in [0, 0.1) is 11.3 Å². The van der Waals surface area contributed by atoms with Crippen LogP contribution in [0.15, 0.2) is 12.1 Å². The molecule has 80 valence electrons. The Kier molecular flexibility index (Phi) is 4.42. The quantitative estimate of drug-likeness (QED) is 0.747. The minimum Gasteiger partial charge on any atom is -0.478 e. The molecule has 0 fully saturated rings. The second-order valence-electron chi connectivity index (χ2n) is 3.25. The van der Waals surface area contributed by atoms with E-state index in [4.69, 9.17) is 15.7 Å². The van der Waals surface area contributed by atoms with Gasteiger partial charge in [-0.2, -0.15) is 5.26 Å². The van der Waals surface area contributed by atoms with Gasteiger partial charge < -0.3 is 10.5 Å². The topological polar surface area (TPSA) is 71.9 Å². The highest BCUT2D eigenvalue weighted by atomic mass is 16.5. The molecule has 0 aromatic carbocycles. The van der Waals surface area contributed by atoms with Gasteiger partial charge in [-0.1, -0.05) is 19.8 Å². The summed E-state index contributed by atoms with van der Waals surface area (Å²) < 4.78 is 5.39. The molecule has 1 aromatic heterocycles. The van der Waals surface area contributed by atoms with Crippen molar-refractivity contribution in [2.75, 3.05) is 12.3 Å². The van der Waals surface area contributed by atoms with Crippen LogP contribution in [0.2, 0.25) is 0 Å². The van der Waals surface area contributed by atoms with Gasteiger partial charge in [-0.3, -0.25) is 0 Å². The van der Waals surface area contributed by atoms with Crippen molar-refractivity contribution in [3.63, 3.8) is 0 Å². The summed E-state index contributed by atoms with van der Waals surface area (Å²) >= 11 is 0. The van der Waals surface area contributed by atoms with Crippen molar-refractivity contribution in [3.05, 3.63) is 17.8 Å². The lowest BCUT2D eigenvalue weighted by Gasteiger charge is -2.05. The molecule has 0 atom stereocenters. The molecule has 15 heavy (non-hydrogen) atoms. The Morgan fingerprint density at radius 2 is 2.27 bits per heavy atom. The molecule has 4 heteroatoms. The van der Waals surface area contributed by atoms with E-state index in [2.05, 4.69) is 11.9 Å². The minimum absolute atomic E-state index is 0.225. The predicted molar refractivity (Wildman–Crippen MR) is 58.4 cm³/mol. The zero-order valence-corrected chi connectivity index (χ0v) is 8.86. The van der Waals surface area contributed by atoms with Crippen LogP contribution in [-0.2, 0) is 0 Å². The summed E-state index contributed by atoms with van der Waals surface area (Å²) in [6.07, 6.45) is 3.30. The van der Waals surface area contributed by atoms with Crippen molar-refractivity contribution in [2.45, 2.75) is 26.2 Å². The number of nitrogens with zero attached hydrogens (tertiary/aromatic N) is 2. The molecule has 1 rings (SSSR count). The Balaban J connectivity index is 2.52. The molecule has 0 aliphatic rings. The standard InChI is InChI=1S/C11H15N3O/c1-2-3-4-7-15-11-6-5-9(13)10(8-12)14-11/h5-6H,2-4,7,13H2,1H3. The predicted octanol–water partition coefficient (Wildman–Crippen LogP) is 2.10. The first-order valence-corrected chi connectivity index (χ1v) is 5.07. The summed E-state index contributed by atoms with van der Waals surface area (Å²) in [5, 5.41) is 8.70. The zero-order chi connectivity index (χ0) is 11.1. The van der Waals surface area contributed by atoms with Gasteiger partial charge in [-0.25, -0.2) is 4.98 Å². The third-order valence-electron chi connectivity index (χ3n) is 2.00. The average molecular weight is 205 g/mol. The Labute approximate surface area is 89.7 Å². The molecular weight excluding hydrogens is 190 g/mol. The maximum Gasteiger partial charge on any atom is 0.214 e. The SMILES string of the molecule is CCCCCOc1ccc(N)c(C#N)n1. The average Bonchev–Trinajstić information content (AvgIpc) is 2.26. The van der Waals surface area contributed by atoms with E-state index in [1.54, 1.807) is 12.1 Å². The summed E-state index contributed by atoms with van der Waals surface area (Å²) in [7, 11) is 0. The number of nitrogens with two attached hydrogens (primary N) is 1. The molecule has 0 unspecified atom stereocenters. The molecule has 1 heterocycles. The monoisotopic (exact) mass is 205 g/mol. The molecule has 0 aliphatic carbocycles. The number of hydrogen-bond acceptors (Lipinski definition) is 4. The fraction of sp³-hybridized carbons (Fsp3) is 0.455. The Bertz CT molecular complexity index is 357. The molecule has 0 bridgehead atoms. The second-order valence-corrected chi connectivity index (χ2v) is 3.25. The second kappa shape index (κ2) is 5.86. The number of ether oxygens (including phenoxy) is 1. The number of rotatable bonds is 5. The van der Waals surface area contributed by atoms with Gasteiger partial charge in [0, 0.05) is 6.07 Å². The zero-order valence-electron chi connectivity index (χ0n) is 8.86. The van der Waals surface area contributed by atoms with E-state index in [1.807, 2.05) is 6.07 Å². The van der Waals surface area contributed by atoms with Gasteiger partial charge >= 0.3 is 0 Å². The van der Waals surface area contributed by atoms with Gasteiger partial charge in [-0.15, -0.1) is 0 Å². The van der Waals surface area contributed by atoms with Crippen LogP contribution < -0.4 is 10.5 Å². The minimum atomic E-state index is 0.225. The number of nitrogen functional groups attached to an aromatic ring is 1. The largest absolute Gasteiger partial charge is 0.478 e. The van der Waals surface area contributed by atoms with Crippen LogP contribution in [0.1, 0.15) is 31.9 Å². The molecular formula is C11H15N3O. The highest BCUT2D eigenvalue weighted by Crippen LogP contribution is 2.14. The van der Waals surface area contributed by atoms with Gasteiger partial charge in [0.25, 0.3) is 0 Å². The van der Waals surface area contributed by atoms with Crippen molar-refractivity contribution in [1.82, 2.24) is 4.98 Å². The van der Waals surface area contributed by atoms with E-state index >= 15 is 0 Å². The lowest BCUT2D eigenvalue weighted by atomic mass is 10.3. The first kappa shape index (κ1) is 11.3. The summed E-state index contributed by atoms with van der Waals surface area (Å²) in [5.41, 5.74) is 6.15. The van der Waals surface area contributed by atoms with Gasteiger partial charge in [-0.05, 0) is 12.5 Å². The lowest BCUT2D eigenvalue weighted by molar-refractivity contribution is 0.295. The van der Waals surface area contributed by atoms with E-state index in [0.29, 0.717) is 18.2 Å². The summed E-state index contributed by atoms with van der Waals surface area (Å²) in [5.74, 6) is 0.469. The van der Waals surface area contributed by atoms with Crippen LogP contribution in [0.4, 0.5) is 5.69 Å². The summed E-state index contributed by atoms with van der Waals surface area (Å²) in [4.78, 5) is 3.98. The van der Waals surface area contributed by atoms with Crippen LogP contribution in [0.5, 0.6) is 5.88 Å². The maximum absolute atomic E-state index is 8.70. The van der Waals surface area contributed by atoms with Crippen LogP contribution >= 0.6 is 0 Å². The third kappa shape index (κ3) is 3.47. The van der Waals surface area contributed by atoms with Crippen molar-refractivity contribution >= 4 is 5.69 Å². The number of pyridine rings is 1. The van der Waals surface area contributed by atoms with Crippen LogP contribution in [0.25, 0.3) is 0 Å². The van der Waals surface area contributed by atoms with Crippen LogP contribution in [-0.4, -0.2) is 11.6 Å². The highest BCUT2D eigenvalue weighted by Gasteiger charge is 2.02. The highest BCUT2D eigenvalue weighted by molar-refractivity contribution is 5.50. The van der Waals surface area contributed by atoms with Gasteiger partial charge in [0.2, 0.25) is 5.88 Å². The van der Waals surface area contributed by atoms with E-state index in [-0.39, 0.29) is 5.69 Å². The van der Waals surface area contributed by atoms with Crippen molar-refractivity contribution in [2.24, 2.45) is 0 Å². The summed E-state index contributed by atoms with van der Waals surface area (Å²) in [6, 6.07) is 5.24. The molecule has 0 amide bonds. The number of nitriles is 1. The first-order chi connectivity index (χ1) is 7.27. The smallest absolute Gasteiger partial charge is 0.214 e. The molecule has 1 aromatic rings. The van der Waals surface area contributed by atoms with E-state index in [0.717, 1.165) is 19.3 Å². The van der Waals surface area contributed by atoms with E-state index in [1.165, 1.54) is 0 Å². The van der Waals surface area contributed by atoms with Crippen molar-refractivity contribution in [1.29, 1.82) is 5.26 Å². The molecule has 0 saturated heterocycles. The third-order valence-corrected chi connectivity index (χ3v) is 2.00. The first-order valence-electron chi connectivity index (χ1n) is 5.07. The normalized spacial score (nSPS) is 9.60. The van der Waals surface area contributed by atoms with Gasteiger partial charge in [0.1, 0.15) is 6.07 Å². The fourth-order valence-corrected chi connectivity index (χ4v) is 1.15. The number of hydrogen-bond donors (Lipinski definition) is 1. The van der Waals surface area contributed by atoms with Gasteiger partial charge in [0.05, 0.1) is 12.3 Å². The van der Waals surface area contributed by atoms with E-state index in [9.17, 15) is 0 Å². The molecule has 0 spiro atoms. The molecule has 0 radical (unpaired) electrons. The lowest BCUT2D eigenvalue weighted by Crippen LogP contribution is -2.01. The van der Waals surface area contributed by atoms with Crippen molar-refractivity contribution < 1.29 is 4.74 Å². The van der Waals surface area contributed by atoms with Crippen molar-refractivity contribution in [3.8, 4) is 11.9 Å². The Morgan fingerprint density at radius 1 is 1.47 bits per heavy atom. The number of unbranched alkanes of at least 4 members (excludes halogenated alkanes) is 2. The number of anilines is 1. The van der Waals surface area contributed by atoms with E-state index < -0.39 is 0 Å². The Morgan fingerprint density at radius 3 is 2.93 bits per heavy atom. The molecule has 0 saturated carbocycles. The molecule has 4 nitrogen and oxygen atoms in total. The Hall–Kier alpha value is -1.76. The molecule has 2 N–H and O–H groups in total.